The zero-order valence-corrected chi connectivity index (χ0v) is 13.6. The van der Waals surface area contributed by atoms with Gasteiger partial charge in [-0.25, -0.2) is 8.42 Å². The van der Waals surface area contributed by atoms with Crippen molar-refractivity contribution in [3.05, 3.63) is 28.3 Å². The molecule has 0 radical (unpaired) electrons. The van der Waals surface area contributed by atoms with Crippen molar-refractivity contribution < 1.29 is 13.2 Å². The first-order chi connectivity index (χ1) is 9.88. The van der Waals surface area contributed by atoms with Crippen molar-refractivity contribution >= 4 is 37.2 Å². The topological polar surface area (TPSA) is 54.5 Å². The molecule has 21 heavy (non-hydrogen) atoms. The van der Waals surface area contributed by atoms with Crippen LogP contribution in [0.25, 0.3) is 0 Å². The molecule has 1 fully saturated rings. The highest BCUT2D eigenvalue weighted by Gasteiger charge is 2.34. The molecule has 114 valence electrons. The minimum absolute atomic E-state index is 0.00240. The second-order valence-corrected chi connectivity index (χ2v) is 8.54. The second kappa shape index (κ2) is 5.45. The summed E-state index contributed by atoms with van der Waals surface area (Å²) in [6.45, 7) is 0.440. The molecule has 1 saturated carbocycles. The van der Waals surface area contributed by atoms with Gasteiger partial charge in [-0.15, -0.1) is 0 Å². The van der Waals surface area contributed by atoms with Crippen LogP contribution in [0.1, 0.15) is 48.0 Å². The van der Waals surface area contributed by atoms with Crippen molar-refractivity contribution in [1.29, 1.82) is 0 Å². The number of hydrogen-bond donors (Lipinski definition) is 0. The molecule has 4 nitrogen and oxygen atoms in total. The first kappa shape index (κ1) is 15.1. The summed E-state index contributed by atoms with van der Waals surface area (Å²) in [5.74, 6) is -0.0580. The normalized spacial score (nSPS) is 19.9. The summed E-state index contributed by atoms with van der Waals surface area (Å²) >= 11 is 5.96. The van der Waals surface area contributed by atoms with Gasteiger partial charge < -0.3 is 4.90 Å². The van der Waals surface area contributed by atoms with Crippen LogP contribution >= 0.6 is 22.3 Å². The quantitative estimate of drug-likeness (QED) is 0.768. The van der Waals surface area contributed by atoms with Crippen LogP contribution in [0.5, 0.6) is 0 Å². The molecule has 0 bridgehead atoms. The Morgan fingerprint density at radius 2 is 1.81 bits per heavy atom. The third-order valence-corrected chi connectivity index (χ3v) is 6.05. The number of rotatable bonds is 2. The molecule has 0 unspecified atom stereocenters. The van der Waals surface area contributed by atoms with Crippen LogP contribution in [0.4, 0.5) is 0 Å². The van der Waals surface area contributed by atoms with Gasteiger partial charge in [-0.05, 0) is 30.5 Å². The standard InChI is InChI=1S/C14H15Cl2NO3S/c15-12-7-11-9(6-13(12)21(16,19)20)8-17(14(11)18)10-4-2-1-3-5-10/h6-7,10H,1-5,8H2. The molecule has 0 atom stereocenters. The Bertz CT molecular complexity index is 696. The van der Waals surface area contributed by atoms with Crippen molar-refractivity contribution in [3.63, 3.8) is 0 Å². The Kier molecular flexibility index (Phi) is 3.93. The summed E-state index contributed by atoms with van der Waals surface area (Å²) in [7, 11) is 1.47. The van der Waals surface area contributed by atoms with Crippen LogP contribution in [0.2, 0.25) is 5.02 Å². The Labute approximate surface area is 133 Å². The number of amides is 1. The molecule has 1 aliphatic heterocycles. The zero-order chi connectivity index (χ0) is 15.2. The minimum atomic E-state index is -3.90. The molecule has 0 saturated heterocycles. The van der Waals surface area contributed by atoms with Crippen molar-refractivity contribution in [3.8, 4) is 0 Å². The van der Waals surface area contributed by atoms with E-state index in [1.165, 1.54) is 18.6 Å². The third kappa shape index (κ3) is 2.79. The largest absolute Gasteiger partial charge is 0.331 e. The van der Waals surface area contributed by atoms with E-state index >= 15 is 0 Å². The number of carbonyl (C=O) groups excluding carboxylic acids is 1. The highest BCUT2D eigenvalue weighted by molar-refractivity contribution is 8.13. The lowest BCUT2D eigenvalue weighted by atomic mass is 9.94. The number of hydrogen-bond acceptors (Lipinski definition) is 3. The van der Waals surface area contributed by atoms with E-state index < -0.39 is 9.05 Å². The Balaban J connectivity index is 1.96. The number of nitrogens with zero attached hydrogens (tertiary/aromatic N) is 1. The Morgan fingerprint density at radius 3 is 2.43 bits per heavy atom. The van der Waals surface area contributed by atoms with Crippen LogP contribution in [0, 0.1) is 0 Å². The van der Waals surface area contributed by atoms with Crippen LogP contribution in [-0.2, 0) is 15.6 Å². The second-order valence-electron chi connectivity index (χ2n) is 5.60. The molecule has 1 heterocycles. The van der Waals surface area contributed by atoms with Gasteiger partial charge in [-0.1, -0.05) is 30.9 Å². The van der Waals surface area contributed by atoms with E-state index in [-0.39, 0.29) is 21.9 Å². The summed E-state index contributed by atoms with van der Waals surface area (Å²) in [6, 6.07) is 3.10. The molecule has 3 rings (SSSR count). The fourth-order valence-corrected chi connectivity index (χ4v) is 4.75. The highest BCUT2D eigenvalue weighted by Crippen LogP contribution is 2.35. The number of fused-ring (bicyclic) bond motifs is 1. The van der Waals surface area contributed by atoms with Crippen LogP contribution in [0.3, 0.4) is 0 Å². The van der Waals surface area contributed by atoms with Gasteiger partial charge in [0.1, 0.15) is 4.90 Å². The molecular formula is C14H15Cl2NO3S. The lowest BCUT2D eigenvalue weighted by molar-refractivity contribution is 0.0660. The monoisotopic (exact) mass is 347 g/mol. The number of carbonyl (C=O) groups is 1. The van der Waals surface area contributed by atoms with Crippen LogP contribution in [0.15, 0.2) is 17.0 Å². The van der Waals surface area contributed by atoms with Crippen molar-refractivity contribution in [2.45, 2.75) is 49.6 Å². The smallest absolute Gasteiger partial charge is 0.262 e. The molecular weight excluding hydrogens is 333 g/mol. The maximum absolute atomic E-state index is 12.5. The predicted molar refractivity (Wildman–Crippen MR) is 81.2 cm³/mol. The van der Waals surface area contributed by atoms with Gasteiger partial charge in [0, 0.05) is 28.8 Å². The van der Waals surface area contributed by atoms with Gasteiger partial charge in [-0.2, -0.15) is 0 Å². The molecule has 7 heteroatoms. The van der Waals surface area contributed by atoms with E-state index in [0.29, 0.717) is 17.7 Å². The lowest BCUT2D eigenvalue weighted by Gasteiger charge is -2.30. The predicted octanol–water partition coefficient (Wildman–Crippen LogP) is 3.56. The van der Waals surface area contributed by atoms with E-state index in [1.54, 1.807) is 0 Å². The third-order valence-electron chi connectivity index (χ3n) is 4.27. The fourth-order valence-electron chi connectivity index (χ4n) is 3.21. The molecule has 0 aromatic heterocycles. The number of benzene rings is 1. The van der Waals surface area contributed by atoms with Crippen LogP contribution in [-0.4, -0.2) is 25.3 Å². The molecule has 1 amide bonds. The maximum Gasteiger partial charge on any atom is 0.262 e. The molecule has 1 aromatic rings. The average Bonchev–Trinajstić information content (AvgIpc) is 2.75. The van der Waals surface area contributed by atoms with Gasteiger partial charge in [0.2, 0.25) is 0 Å². The summed E-state index contributed by atoms with van der Waals surface area (Å²) in [5, 5.41) is 0.00240. The van der Waals surface area contributed by atoms with Crippen LogP contribution < -0.4 is 0 Å². The molecule has 2 aliphatic rings. The summed E-state index contributed by atoms with van der Waals surface area (Å²) in [5.41, 5.74) is 1.18. The molecule has 1 aliphatic carbocycles. The van der Waals surface area contributed by atoms with Gasteiger partial charge in [0.25, 0.3) is 15.0 Å². The van der Waals surface area contributed by atoms with Crippen molar-refractivity contribution in [2.75, 3.05) is 0 Å². The average molecular weight is 348 g/mol. The van der Waals surface area contributed by atoms with E-state index in [4.69, 9.17) is 22.3 Å². The summed E-state index contributed by atoms with van der Waals surface area (Å²) < 4.78 is 23.0. The van der Waals surface area contributed by atoms with E-state index in [0.717, 1.165) is 25.7 Å². The van der Waals surface area contributed by atoms with Gasteiger partial charge in [0.15, 0.2) is 0 Å². The van der Waals surface area contributed by atoms with Gasteiger partial charge >= 0.3 is 0 Å². The fraction of sp³-hybridized carbons (Fsp3) is 0.500. The van der Waals surface area contributed by atoms with E-state index in [1.807, 2.05) is 4.90 Å². The lowest BCUT2D eigenvalue weighted by Crippen LogP contribution is -2.36. The maximum atomic E-state index is 12.5. The number of halogens is 2. The summed E-state index contributed by atoms with van der Waals surface area (Å²) in [6.07, 6.45) is 5.49. The zero-order valence-electron chi connectivity index (χ0n) is 11.3. The molecule has 0 N–H and O–H groups in total. The summed E-state index contributed by atoms with van der Waals surface area (Å²) in [4.78, 5) is 14.2. The minimum Gasteiger partial charge on any atom is -0.331 e. The first-order valence-electron chi connectivity index (χ1n) is 6.96. The molecule has 0 spiro atoms. The Morgan fingerprint density at radius 1 is 1.14 bits per heavy atom. The first-order valence-corrected chi connectivity index (χ1v) is 9.64. The van der Waals surface area contributed by atoms with Gasteiger partial charge in [-0.3, -0.25) is 4.79 Å². The van der Waals surface area contributed by atoms with Crippen molar-refractivity contribution in [2.24, 2.45) is 0 Å². The van der Waals surface area contributed by atoms with E-state index in [9.17, 15) is 13.2 Å². The highest BCUT2D eigenvalue weighted by atomic mass is 35.7. The molecule has 1 aromatic carbocycles. The Hall–Kier alpha value is -0.780. The van der Waals surface area contributed by atoms with Crippen molar-refractivity contribution in [1.82, 2.24) is 4.90 Å². The van der Waals surface area contributed by atoms with Gasteiger partial charge in [0.05, 0.1) is 5.02 Å². The van der Waals surface area contributed by atoms with E-state index in [2.05, 4.69) is 0 Å². The SMILES string of the molecule is O=C1c2cc(Cl)c(S(=O)(=O)Cl)cc2CN1C1CCCCC1.